The summed E-state index contributed by atoms with van der Waals surface area (Å²) in [4.78, 5) is 29.0. The second kappa shape index (κ2) is 9.10. The third-order valence-corrected chi connectivity index (χ3v) is 5.29. The predicted molar refractivity (Wildman–Crippen MR) is 95.1 cm³/mol. The van der Waals surface area contributed by atoms with E-state index in [9.17, 15) is 30.0 Å². The van der Waals surface area contributed by atoms with Crippen LogP contribution in [0.4, 0.5) is 0 Å². The fourth-order valence-corrected chi connectivity index (χ4v) is 3.72. The smallest absolute Gasteiger partial charge is 0.872 e. The van der Waals surface area contributed by atoms with E-state index in [2.05, 4.69) is 4.98 Å². The Kier molecular flexibility index (Phi) is 7.59. The minimum absolute atomic E-state index is 0. The zero-order valence-corrected chi connectivity index (χ0v) is 20.9. The van der Waals surface area contributed by atoms with Crippen molar-refractivity contribution in [3.8, 4) is 17.1 Å². The molecule has 2 aromatic heterocycles. The Balaban J connectivity index is 0.00000160. The monoisotopic (exact) mass is 426 g/mol. The topological polar surface area (TPSA) is 139 Å². The van der Waals surface area contributed by atoms with E-state index in [4.69, 9.17) is 0 Å². The van der Waals surface area contributed by atoms with Crippen LogP contribution < -0.4 is 74.9 Å². The number of carbonyl (C=O) groups excluding carboxylic acids is 1. The normalized spacial score (nSPS) is 13.6. The second-order valence-corrected chi connectivity index (χ2v) is 6.82. The average molecular weight is 426 g/mol. The van der Waals surface area contributed by atoms with Crippen LogP contribution in [0.15, 0.2) is 35.1 Å². The van der Waals surface area contributed by atoms with Crippen molar-refractivity contribution in [1.29, 1.82) is 0 Å². The maximum absolute atomic E-state index is 12.9. The van der Waals surface area contributed by atoms with Crippen LogP contribution >= 0.6 is 0 Å². The van der Waals surface area contributed by atoms with Crippen molar-refractivity contribution in [1.82, 2.24) is 9.55 Å². The van der Waals surface area contributed by atoms with Gasteiger partial charge in [-0.1, -0.05) is 19.1 Å². The molecule has 1 atom stereocenters. The van der Waals surface area contributed by atoms with E-state index in [1.165, 1.54) is 29.7 Å². The molecule has 0 amide bonds. The van der Waals surface area contributed by atoms with Gasteiger partial charge in [0.05, 0.1) is 36.0 Å². The third-order valence-electron chi connectivity index (χ3n) is 5.29. The number of hydrogen-bond donors (Lipinski definition) is 2. The molecular formula is C20H16N2Na2O6. The summed E-state index contributed by atoms with van der Waals surface area (Å²) < 4.78 is 1.37. The summed E-state index contributed by atoms with van der Waals surface area (Å²) >= 11 is 0. The Morgan fingerprint density at radius 3 is 2.57 bits per heavy atom. The van der Waals surface area contributed by atoms with Gasteiger partial charge in [-0.25, -0.2) is 4.98 Å². The molecule has 0 bridgehead atoms. The molecule has 1 aliphatic rings. The van der Waals surface area contributed by atoms with E-state index in [1.807, 2.05) is 0 Å². The SMILES string of the molecule is CC[C@@](O)(C(=O)[O-])c1cc2n(c(=O)c1CO)Cc1cc3cc([O-])ccc3nc1-2.[Na+].[Na+]. The number of aliphatic carboxylic acids is 1. The van der Waals surface area contributed by atoms with E-state index in [0.29, 0.717) is 27.9 Å². The molecule has 3 aromatic rings. The second-order valence-electron chi connectivity index (χ2n) is 6.82. The summed E-state index contributed by atoms with van der Waals surface area (Å²) in [6, 6.07) is 7.54. The van der Waals surface area contributed by atoms with Gasteiger partial charge in [-0.05, 0) is 30.0 Å². The maximum atomic E-state index is 12.9. The number of aromatic nitrogens is 2. The average Bonchev–Trinajstić information content (AvgIpc) is 3.03. The van der Waals surface area contributed by atoms with Gasteiger partial charge in [-0.15, -0.1) is 5.75 Å². The number of hydrogen-bond acceptors (Lipinski definition) is 7. The van der Waals surface area contributed by atoms with Crippen molar-refractivity contribution in [2.75, 3.05) is 0 Å². The minimum atomic E-state index is -2.41. The first-order valence-electron chi connectivity index (χ1n) is 8.73. The molecule has 0 fully saturated rings. The molecule has 0 saturated carbocycles. The van der Waals surface area contributed by atoms with Crippen LogP contribution in [0, 0.1) is 0 Å². The summed E-state index contributed by atoms with van der Waals surface area (Å²) in [5.74, 6) is -1.91. The van der Waals surface area contributed by atoms with Crippen LogP contribution in [0.5, 0.6) is 5.75 Å². The first kappa shape index (κ1) is 25.0. The molecule has 1 aromatic carbocycles. The number of fused-ring (bicyclic) bond motifs is 4. The zero-order valence-electron chi connectivity index (χ0n) is 16.9. The van der Waals surface area contributed by atoms with Gasteiger partial charge in [-0.2, -0.15) is 0 Å². The van der Waals surface area contributed by atoms with E-state index in [0.717, 1.165) is 0 Å². The summed E-state index contributed by atoms with van der Waals surface area (Å²) in [7, 11) is 0. The molecule has 0 aliphatic carbocycles. The summed E-state index contributed by atoms with van der Waals surface area (Å²) in [5, 5.41) is 44.1. The van der Waals surface area contributed by atoms with Gasteiger partial charge < -0.3 is 29.8 Å². The number of carboxylic acid groups (broad SMARTS) is 1. The van der Waals surface area contributed by atoms with E-state index in [1.54, 1.807) is 12.1 Å². The number of nitrogens with zero attached hydrogens (tertiary/aromatic N) is 2. The van der Waals surface area contributed by atoms with Gasteiger partial charge in [0, 0.05) is 16.7 Å². The molecule has 10 heteroatoms. The fraction of sp³-hybridized carbons (Fsp3) is 0.250. The Morgan fingerprint density at radius 2 is 1.97 bits per heavy atom. The summed E-state index contributed by atoms with van der Waals surface area (Å²) in [6.07, 6.45) is -0.241. The number of benzene rings is 1. The first-order valence-corrected chi connectivity index (χ1v) is 8.73. The number of aliphatic hydroxyl groups excluding tert-OH is 1. The van der Waals surface area contributed by atoms with Crippen molar-refractivity contribution in [2.24, 2.45) is 0 Å². The van der Waals surface area contributed by atoms with Crippen molar-refractivity contribution in [3.05, 3.63) is 57.4 Å². The van der Waals surface area contributed by atoms with E-state index in [-0.39, 0.29) is 89.0 Å². The Labute approximate surface area is 215 Å². The maximum Gasteiger partial charge on any atom is 1.00 e. The van der Waals surface area contributed by atoms with Gasteiger partial charge in [0.1, 0.15) is 5.60 Å². The van der Waals surface area contributed by atoms with Gasteiger partial charge in [0.2, 0.25) is 0 Å². The quantitative estimate of drug-likeness (QED) is 0.310. The predicted octanol–water partition coefficient (Wildman–Crippen LogP) is -6.65. The van der Waals surface area contributed by atoms with Crippen LogP contribution in [-0.4, -0.2) is 25.7 Å². The molecule has 0 radical (unpaired) electrons. The number of rotatable bonds is 4. The number of pyridine rings is 2. The Hall–Kier alpha value is -1.23. The standard InChI is InChI=1S/C20H18N2O6.2Na/c1-2-20(28,19(26)27)14-7-16-17-11(8-22(16)18(25)13(14)9-23)5-10-6-12(24)3-4-15(10)21-17;;/h3-7,23-24,28H,2,8-9H2,1H3,(H,26,27);;/q;2*+1/p-2/t20-;;/m0../s1. The van der Waals surface area contributed by atoms with Gasteiger partial charge in [0.15, 0.2) is 0 Å². The van der Waals surface area contributed by atoms with Crippen molar-refractivity contribution >= 4 is 16.9 Å². The number of aliphatic hydroxyl groups is 2. The molecule has 8 nitrogen and oxygen atoms in total. The third kappa shape index (κ3) is 3.76. The number of carbonyl (C=O) groups is 1. The molecule has 2 N–H and O–H groups in total. The van der Waals surface area contributed by atoms with Gasteiger partial charge in [-0.3, -0.25) is 4.79 Å². The molecule has 0 spiro atoms. The minimum Gasteiger partial charge on any atom is -0.872 e. The largest absolute Gasteiger partial charge is 1.00 e. The molecule has 30 heavy (non-hydrogen) atoms. The molecule has 0 saturated heterocycles. The Morgan fingerprint density at radius 1 is 1.27 bits per heavy atom. The molecular weight excluding hydrogens is 410 g/mol. The Bertz CT molecular complexity index is 1210. The molecule has 144 valence electrons. The van der Waals surface area contributed by atoms with Crippen molar-refractivity contribution in [2.45, 2.75) is 32.1 Å². The zero-order chi connectivity index (χ0) is 20.2. The fourth-order valence-electron chi connectivity index (χ4n) is 3.72. The van der Waals surface area contributed by atoms with Gasteiger partial charge >= 0.3 is 59.1 Å². The van der Waals surface area contributed by atoms with Crippen LogP contribution in [-0.2, 0) is 23.5 Å². The van der Waals surface area contributed by atoms with E-state index >= 15 is 0 Å². The van der Waals surface area contributed by atoms with Gasteiger partial charge in [0.25, 0.3) is 5.56 Å². The summed E-state index contributed by atoms with van der Waals surface area (Å²) in [6.45, 7) is 0.885. The molecule has 3 heterocycles. The van der Waals surface area contributed by atoms with Crippen molar-refractivity contribution < 1.29 is 84.3 Å². The van der Waals surface area contributed by atoms with Crippen molar-refractivity contribution in [3.63, 3.8) is 0 Å². The van der Waals surface area contributed by atoms with Crippen LogP contribution in [0.25, 0.3) is 22.3 Å². The van der Waals surface area contributed by atoms with Crippen LogP contribution in [0.2, 0.25) is 0 Å². The summed E-state index contributed by atoms with van der Waals surface area (Å²) in [5.41, 5.74) is -1.37. The van der Waals surface area contributed by atoms with E-state index < -0.39 is 23.7 Å². The first-order chi connectivity index (χ1) is 13.3. The molecule has 1 aliphatic heterocycles. The number of carboxylic acids is 1. The molecule has 0 unspecified atom stereocenters. The van der Waals surface area contributed by atoms with Crippen LogP contribution in [0.3, 0.4) is 0 Å². The molecule has 4 rings (SSSR count). The van der Waals surface area contributed by atoms with Crippen LogP contribution in [0.1, 0.15) is 30.0 Å².